The van der Waals surface area contributed by atoms with Gasteiger partial charge in [-0.3, -0.25) is 9.48 Å². The van der Waals surface area contributed by atoms with Crippen LogP contribution in [0.2, 0.25) is 0 Å². The van der Waals surface area contributed by atoms with Crippen molar-refractivity contribution < 1.29 is 9.53 Å². The molecule has 1 atom stereocenters. The van der Waals surface area contributed by atoms with E-state index in [4.69, 9.17) is 4.74 Å². The van der Waals surface area contributed by atoms with E-state index in [0.29, 0.717) is 18.2 Å². The van der Waals surface area contributed by atoms with Crippen molar-refractivity contribution >= 4 is 5.91 Å². The number of rotatable bonds is 6. The Kier molecular flexibility index (Phi) is 4.01. The predicted octanol–water partition coefficient (Wildman–Crippen LogP) is 1.62. The minimum absolute atomic E-state index is 0.128. The third-order valence-electron chi connectivity index (χ3n) is 3.28. The van der Waals surface area contributed by atoms with Crippen molar-refractivity contribution in [1.82, 2.24) is 15.1 Å². The molecule has 0 unspecified atom stereocenters. The lowest BCUT2D eigenvalue weighted by molar-refractivity contribution is 0.0738. The van der Waals surface area contributed by atoms with Crippen molar-refractivity contribution in [3.63, 3.8) is 0 Å². The van der Waals surface area contributed by atoms with Gasteiger partial charge in [-0.05, 0) is 38.7 Å². The first-order chi connectivity index (χ1) is 8.61. The minimum atomic E-state index is -0.128. The van der Waals surface area contributed by atoms with Crippen LogP contribution >= 0.6 is 0 Å². The molecule has 0 bridgehead atoms. The van der Waals surface area contributed by atoms with E-state index in [1.54, 1.807) is 17.9 Å². The van der Waals surface area contributed by atoms with E-state index in [1.165, 1.54) is 12.8 Å². The first kappa shape index (κ1) is 13.1. The van der Waals surface area contributed by atoms with Gasteiger partial charge in [-0.15, -0.1) is 0 Å². The van der Waals surface area contributed by atoms with Gasteiger partial charge in [-0.2, -0.15) is 5.10 Å². The fourth-order valence-electron chi connectivity index (χ4n) is 1.94. The van der Waals surface area contributed by atoms with E-state index in [0.717, 1.165) is 0 Å². The molecule has 0 saturated heterocycles. The molecule has 1 heterocycles. The lowest BCUT2D eigenvalue weighted by Crippen LogP contribution is -2.34. The number of methoxy groups -OCH3 is 1. The molecule has 0 radical (unpaired) electrons. The number of nitrogens with zero attached hydrogens (tertiary/aromatic N) is 2. The van der Waals surface area contributed by atoms with Crippen LogP contribution in [0.15, 0.2) is 12.3 Å². The third kappa shape index (κ3) is 3.10. The maximum atomic E-state index is 11.9. The Morgan fingerprint density at radius 2 is 2.33 bits per heavy atom. The molecule has 5 heteroatoms. The summed E-state index contributed by atoms with van der Waals surface area (Å²) >= 11 is 0. The summed E-state index contributed by atoms with van der Waals surface area (Å²) in [7, 11) is 1.70. The summed E-state index contributed by atoms with van der Waals surface area (Å²) < 4.78 is 7.14. The summed E-state index contributed by atoms with van der Waals surface area (Å²) in [5.41, 5.74) is 0.467. The summed E-state index contributed by atoms with van der Waals surface area (Å²) in [6.07, 6.45) is 4.38. The van der Waals surface area contributed by atoms with E-state index in [9.17, 15) is 4.79 Å². The van der Waals surface area contributed by atoms with Crippen LogP contribution in [0.3, 0.4) is 0 Å². The Labute approximate surface area is 108 Å². The molecular weight excluding hydrogens is 230 g/mol. The average Bonchev–Trinajstić information content (AvgIpc) is 3.05. The monoisotopic (exact) mass is 251 g/mol. The second-order valence-corrected chi connectivity index (χ2v) is 5.10. The summed E-state index contributed by atoms with van der Waals surface area (Å²) in [4.78, 5) is 11.9. The van der Waals surface area contributed by atoms with Crippen LogP contribution in [0.4, 0.5) is 0 Å². The van der Waals surface area contributed by atoms with Crippen LogP contribution in [0.5, 0.6) is 0 Å². The minimum Gasteiger partial charge on any atom is -0.379 e. The number of amides is 1. The van der Waals surface area contributed by atoms with Crippen LogP contribution in [-0.4, -0.2) is 35.4 Å². The molecule has 1 saturated carbocycles. The third-order valence-corrected chi connectivity index (χ3v) is 3.28. The largest absolute Gasteiger partial charge is 0.379 e. The molecule has 0 aliphatic heterocycles. The van der Waals surface area contributed by atoms with Crippen molar-refractivity contribution in [3.05, 3.63) is 18.0 Å². The maximum Gasteiger partial charge on any atom is 0.271 e. The molecule has 5 nitrogen and oxygen atoms in total. The van der Waals surface area contributed by atoms with Gasteiger partial charge in [0.1, 0.15) is 5.69 Å². The Bertz CT molecular complexity index is 410. The highest BCUT2D eigenvalue weighted by molar-refractivity contribution is 5.92. The number of carbonyl (C=O) groups is 1. The topological polar surface area (TPSA) is 56.1 Å². The summed E-state index contributed by atoms with van der Waals surface area (Å²) in [5, 5.41) is 7.12. The van der Waals surface area contributed by atoms with Crippen LogP contribution in [0, 0.1) is 5.92 Å². The van der Waals surface area contributed by atoms with Crippen LogP contribution in [-0.2, 0) is 4.74 Å². The number of aromatic nitrogens is 2. The molecule has 2 rings (SSSR count). The van der Waals surface area contributed by atoms with Gasteiger partial charge in [0.25, 0.3) is 5.91 Å². The van der Waals surface area contributed by atoms with E-state index in [1.807, 2.05) is 20.0 Å². The molecule has 1 amide bonds. The maximum absolute atomic E-state index is 11.9. The zero-order valence-electron chi connectivity index (χ0n) is 11.2. The van der Waals surface area contributed by atoms with Crippen molar-refractivity contribution in [1.29, 1.82) is 0 Å². The van der Waals surface area contributed by atoms with Crippen molar-refractivity contribution in [3.8, 4) is 0 Å². The second kappa shape index (κ2) is 5.52. The van der Waals surface area contributed by atoms with Gasteiger partial charge in [0.2, 0.25) is 0 Å². The first-order valence-electron chi connectivity index (χ1n) is 6.48. The highest BCUT2D eigenvalue weighted by Gasteiger charge is 2.31. The molecule has 1 aromatic rings. The van der Waals surface area contributed by atoms with Gasteiger partial charge in [0.15, 0.2) is 0 Å². The number of hydrogen-bond acceptors (Lipinski definition) is 3. The highest BCUT2D eigenvalue weighted by atomic mass is 16.5. The molecule has 1 aliphatic rings. The van der Waals surface area contributed by atoms with Crippen LogP contribution in [0.25, 0.3) is 0 Å². The fraction of sp³-hybridized carbons (Fsp3) is 0.692. The zero-order valence-corrected chi connectivity index (χ0v) is 11.2. The number of carbonyl (C=O) groups excluding carboxylic acids is 1. The van der Waals surface area contributed by atoms with E-state index in [-0.39, 0.29) is 18.1 Å². The summed E-state index contributed by atoms with van der Waals surface area (Å²) in [5.74, 6) is 0.487. The van der Waals surface area contributed by atoms with Gasteiger partial charge in [-0.1, -0.05) is 0 Å². The molecule has 18 heavy (non-hydrogen) atoms. The molecule has 1 aliphatic carbocycles. The van der Waals surface area contributed by atoms with Crippen LogP contribution in [0.1, 0.15) is 43.2 Å². The van der Waals surface area contributed by atoms with Gasteiger partial charge < -0.3 is 10.1 Å². The number of ether oxygens (including phenoxy) is 1. The normalized spacial score (nSPS) is 16.9. The molecule has 1 fully saturated rings. The zero-order chi connectivity index (χ0) is 13.1. The lowest BCUT2D eigenvalue weighted by Gasteiger charge is -2.14. The van der Waals surface area contributed by atoms with Crippen molar-refractivity contribution in [2.75, 3.05) is 13.7 Å². The van der Waals surface area contributed by atoms with E-state index < -0.39 is 0 Å². The van der Waals surface area contributed by atoms with Crippen molar-refractivity contribution in [2.45, 2.75) is 38.8 Å². The van der Waals surface area contributed by atoms with Crippen LogP contribution < -0.4 is 5.32 Å². The number of nitrogens with one attached hydrogen (secondary N) is 1. The molecule has 100 valence electrons. The Morgan fingerprint density at radius 3 is 2.83 bits per heavy atom. The molecule has 1 N–H and O–H groups in total. The average molecular weight is 251 g/mol. The highest BCUT2D eigenvalue weighted by Crippen LogP contribution is 2.33. The summed E-state index contributed by atoms with van der Waals surface area (Å²) in [6, 6.07) is 2.01. The molecule has 0 aromatic carbocycles. The van der Waals surface area contributed by atoms with Gasteiger partial charge in [-0.25, -0.2) is 0 Å². The van der Waals surface area contributed by atoms with Crippen molar-refractivity contribution in [2.24, 2.45) is 5.92 Å². The lowest BCUT2D eigenvalue weighted by atomic mass is 10.2. The van der Waals surface area contributed by atoms with E-state index >= 15 is 0 Å². The Hall–Kier alpha value is -1.36. The summed E-state index contributed by atoms with van der Waals surface area (Å²) in [6.45, 7) is 4.63. The first-order valence-corrected chi connectivity index (χ1v) is 6.48. The van der Waals surface area contributed by atoms with Gasteiger partial charge in [0.05, 0.1) is 6.10 Å². The fourth-order valence-corrected chi connectivity index (χ4v) is 1.94. The second-order valence-electron chi connectivity index (χ2n) is 5.10. The molecular formula is C13H21N3O2. The molecule has 1 aromatic heterocycles. The number of hydrogen-bond donors (Lipinski definition) is 1. The standard InChI is InChI=1S/C13H21N3O2/c1-9(2)16-7-6-11(15-16)13(17)14-8-12(18-3)10-4-5-10/h6-7,9-10,12H,4-5,8H2,1-3H3,(H,14,17)/t12-/m0/s1. The Morgan fingerprint density at radius 1 is 1.61 bits per heavy atom. The van der Waals surface area contributed by atoms with E-state index in [2.05, 4.69) is 10.4 Å². The van der Waals surface area contributed by atoms with Gasteiger partial charge in [0, 0.05) is 25.9 Å². The predicted molar refractivity (Wildman–Crippen MR) is 68.5 cm³/mol. The smallest absolute Gasteiger partial charge is 0.271 e. The SMILES string of the molecule is CO[C@@H](CNC(=O)c1ccn(C(C)C)n1)C1CC1. The molecule has 0 spiro atoms. The Balaban J connectivity index is 1.86. The quantitative estimate of drug-likeness (QED) is 0.836. The van der Waals surface area contributed by atoms with Gasteiger partial charge >= 0.3 is 0 Å².